The van der Waals surface area contributed by atoms with Crippen LogP contribution in [0.1, 0.15) is 21.5 Å². The summed E-state index contributed by atoms with van der Waals surface area (Å²) < 4.78 is 13.8. The number of halogens is 2. The highest BCUT2D eigenvalue weighted by Crippen LogP contribution is 2.19. The van der Waals surface area contributed by atoms with E-state index in [0.717, 1.165) is 15.6 Å². The molecule has 0 bridgehead atoms. The van der Waals surface area contributed by atoms with E-state index in [2.05, 4.69) is 15.9 Å². The summed E-state index contributed by atoms with van der Waals surface area (Å²) in [6, 6.07) is 11.8. The Morgan fingerprint density at radius 1 is 1.22 bits per heavy atom. The van der Waals surface area contributed by atoms with Gasteiger partial charge in [0, 0.05) is 16.5 Å². The highest BCUT2D eigenvalue weighted by atomic mass is 79.9. The van der Waals surface area contributed by atoms with Crippen molar-refractivity contribution in [3.05, 3.63) is 69.4 Å². The molecule has 0 heterocycles. The van der Waals surface area contributed by atoms with Crippen LogP contribution in [0.3, 0.4) is 0 Å². The normalized spacial score (nSPS) is 10.4. The van der Waals surface area contributed by atoms with Gasteiger partial charge in [0.1, 0.15) is 5.82 Å². The van der Waals surface area contributed by atoms with Crippen molar-refractivity contribution in [1.29, 1.82) is 0 Å². The molecule has 0 saturated heterocycles. The van der Waals surface area contributed by atoms with Gasteiger partial charge >= 0.3 is 0 Å². The minimum atomic E-state index is -0.274. The highest BCUT2D eigenvalue weighted by molar-refractivity contribution is 9.10. The minimum Gasteiger partial charge on any atom is -0.294 e. The average molecular weight is 307 g/mol. The molecule has 0 aliphatic carbocycles. The fourth-order valence-electron chi connectivity index (χ4n) is 1.81. The number of carbonyl (C=O) groups excluding carboxylic acids is 1. The summed E-state index contributed by atoms with van der Waals surface area (Å²) in [6.45, 7) is 1.81. The Labute approximate surface area is 114 Å². The molecular formula is C15H12BrFO. The van der Waals surface area contributed by atoms with E-state index in [1.165, 1.54) is 12.1 Å². The second-order valence-electron chi connectivity index (χ2n) is 4.15. The van der Waals surface area contributed by atoms with Gasteiger partial charge in [0.2, 0.25) is 0 Å². The Morgan fingerprint density at radius 2 is 1.94 bits per heavy atom. The zero-order chi connectivity index (χ0) is 13.1. The lowest BCUT2D eigenvalue weighted by Gasteiger charge is -2.06. The molecular weight excluding hydrogens is 295 g/mol. The summed E-state index contributed by atoms with van der Waals surface area (Å²) in [5.41, 5.74) is 2.31. The fourth-order valence-corrected chi connectivity index (χ4v) is 2.32. The monoisotopic (exact) mass is 306 g/mol. The molecule has 0 aliphatic rings. The molecule has 2 aromatic carbocycles. The van der Waals surface area contributed by atoms with Crippen LogP contribution in [-0.2, 0) is 6.42 Å². The average Bonchev–Trinajstić information content (AvgIpc) is 2.33. The number of rotatable bonds is 3. The zero-order valence-corrected chi connectivity index (χ0v) is 11.5. The van der Waals surface area contributed by atoms with Crippen molar-refractivity contribution in [2.75, 3.05) is 0 Å². The van der Waals surface area contributed by atoms with E-state index < -0.39 is 0 Å². The van der Waals surface area contributed by atoms with E-state index in [1.54, 1.807) is 12.1 Å². The van der Waals surface area contributed by atoms with Gasteiger partial charge in [0.05, 0.1) is 0 Å². The number of aryl methyl sites for hydroxylation is 1. The van der Waals surface area contributed by atoms with Crippen LogP contribution < -0.4 is 0 Å². The van der Waals surface area contributed by atoms with Crippen molar-refractivity contribution >= 4 is 21.7 Å². The first kappa shape index (κ1) is 13.0. The van der Waals surface area contributed by atoms with Crippen molar-refractivity contribution in [3.63, 3.8) is 0 Å². The molecule has 92 valence electrons. The lowest BCUT2D eigenvalue weighted by molar-refractivity contribution is 0.0992. The van der Waals surface area contributed by atoms with E-state index in [-0.39, 0.29) is 18.0 Å². The third-order valence-corrected chi connectivity index (χ3v) is 3.52. The first-order valence-corrected chi connectivity index (χ1v) is 6.40. The van der Waals surface area contributed by atoms with Gasteiger partial charge in [-0.1, -0.05) is 40.2 Å². The SMILES string of the molecule is Cc1cc(F)ccc1CC(=O)c1ccccc1Br. The molecule has 0 fully saturated rings. The maximum Gasteiger partial charge on any atom is 0.168 e. The number of Topliss-reactive ketones (excluding diaryl/α,β-unsaturated/α-hetero) is 1. The Morgan fingerprint density at radius 3 is 2.61 bits per heavy atom. The van der Waals surface area contributed by atoms with Crippen LogP contribution in [0.5, 0.6) is 0 Å². The molecule has 0 N–H and O–H groups in total. The molecule has 1 nitrogen and oxygen atoms in total. The summed E-state index contributed by atoms with van der Waals surface area (Å²) in [5, 5.41) is 0. The lowest BCUT2D eigenvalue weighted by Crippen LogP contribution is -2.05. The second kappa shape index (κ2) is 5.44. The van der Waals surface area contributed by atoms with Crippen molar-refractivity contribution in [2.45, 2.75) is 13.3 Å². The number of ketones is 1. The zero-order valence-electron chi connectivity index (χ0n) is 9.91. The van der Waals surface area contributed by atoms with Crippen LogP contribution in [0, 0.1) is 12.7 Å². The molecule has 2 aromatic rings. The maximum absolute atomic E-state index is 13.0. The van der Waals surface area contributed by atoms with Gasteiger partial charge in [0.25, 0.3) is 0 Å². The smallest absolute Gasteiger partial charge is 0.168 e. The second-order valence-corrected chi connectivity index (χ2v) is 5.00. The molecule has 0 radical (unpaired) electrons. The molecule has 2 rings (SSSR count). The Balaban J connectivity index is 2.24. The van der Waals surface area contributed by atoms with Gasteiger partial charge < -0.3 is 0 Å². The van der Waals surface area contributed by atoms with Crippen LogP contribution >= 0.6 is 15.9 Å². The van der Waals surface area contributed by atoms with Crippen LogP contribution in [0.15, 0.2) is 46.9 Å². The van der Waals surface area contributed by atoms with Crippen molar-refractivity contribution in [3.8, 4) is 0 Å². The summed E-state index contributed by atoms with van der Waals surface area (Å²) >= 11 is 3.36. The molecule has 0 aromatic heterocycles. The summed E-state index contributed by atoms with van der Waals surface area (Å²) in [7, 11) is 0. The number of hydrogen-bond acceptors (Lipinski definition) is 1. The molecule has 0 atom stereocenters. The van der Waals surface area contributed by atoms with Crippen LogP contribution in [0.2, 0.25) is 0 Å². The van der Waals surface area contributed by atoms with Crippen LogP contribution in [-0.4, -0.2) is 5.78 Å². The van der Waals surface area contributed by atoms with Gasteiger partial charge in [-0.05, 0) is 36.2 Å². The van der Waals surface area contributed by atoms with Gasteiger partial charge in [-0.3, -0.25) is 4.79 Å². The van der Waals surface area contributed by atoms with Gasteiger partial charge in [-0.2, -0.15) is 0 Å². The Kier molecular flexibility index (Phi) is 3.92. The molecule has 0 saturated carbocycles. The van der Waals surface area contributed by atoms with E-state index >= 15 is 0 Å². The predicted molar refractivity (Wildman–Crippen MR) is 73.3 cm³/mol. The number of benzene rings is 2. The summed E-state index contributed by atoms with van der Waals surface area (Å²) in [6.07, 6.45) is 0.286. The highest BCUT2D eigenvalue weighted by Gasteiger charge is 2.11. The summed E-state index contributed by atoms with van der Waals surface area (Å²) in [4.78, 5) is 12.1. The third kappa shape index (κ3) is 2.85. The maximum atomic E-state index is 13.0. The van der Waals surface area contributed by atoms with Gasteiger partial charge in [0.15, 0.2) is 5.78 Å². The topological polar surface area (TPSA) is 17.1 Å². The van der Waals surface area contributed by atoms with E-state index in [0.29, 0.717) is 5.56 Å². The molecule has 0 spiro atoms. The molecule has 0 aliphatic heterocycles. The molecule has 0 unspecified atom stereocenters. The van der Waals surface area contributed by atoms with Crippen molar-refractivity contribution in [1.82, 2.24) is 0 Å². The van der Waals surface area contributed by atoms with Crippen molar-refractivity contribution in [2.24, 2.45) is 0 Å². The van der Waals surface area contributed by atoms with Gasteiger partial charge in [-0.15, -0.1) is 0 Å². The number of carbonyl (C=O) groups is 1. The van der Waals surface area contributed by atoms with Crippen LogP contribution in [0.25, 0.3) is 0 Å². The molecule has 3 heteroatoms. The Hall–Kier alpha value is -1.48. The summed E-state index contributed by atoms with van der Waals surface area (Å²) in [5.74, 6) is -0.248. The largest absolute Gasteiger partial charge is 0.294 e. The first-order valence-electron chi connectivity index (χ1n) is 5.60. The van der Waals surface area contributed by atoms with E-state index in [1.807, 2.05) is 25.1 Å². The first-order chi connectivity index (χ1) is 8.58. The van der Waals surface area contributed by atoms with Crippen molar-refractivity contribution < 1.29 is 9.18 Å². The molecule has 0 amide bonds. The lowest BCUT2D eigenvalue weighted by atomic mass is 9.99. The van der Waals surface area contributed by atoms with Crippen LogP contribution in [0.4, 0.5) is 4.39 Å². The minimum absolute atomic E-state index is 0.0252. The standard InChI is InChI=1S/C15H12BrFO/c1-10-8-12(17)7-6-11(10)9-15(18)13-4-2-3-5-14(13)16/h2-8H,9H2,1H3. The fraction of sp³-hybridized carbons (Fsp3) is 0.133. The Bertz CT molecular complexity index is 593. The molecule has 18 heavy (non-hydrogen) atoms. The number of hydrogen-bond donors (Lipinski definition) is 0. The quantitative estimate of drug-likeness (QED) is 0.772. The third-order valence-electron chi connectivity index (χ3n) is 2.83. The predicted octanol–water partition coefficient (Wildman–Crippen LogP) is 4.32. The van der Waals surface area contributed by atoms with E-state index in [4.69, 9.17) is 0 Å². The van der Waals surface area contributed by atoms with E-state index in [9.17, 15) is 9.18 Å². The van der Waals surface area contributed by atoms with Gasteiger partial charge in [-0.25, -0.2) is 4.39 Å².